The molecule has 0 unspecified atom stereocenters. The molecule has 1 aliphatic carbocycles. The number of anilines is 1. The van der Waals surface area contributed by atoms with Gasteiger partial charge in [0.15, 0.2) is 0 Å². The van der Waals surface area contributed by atoms with Crippen molar-refractivity contribution < 1.29 is 9.53 Å². The zero-order valence-corrected chi connectivity index (χ0v) is 12.5. The average Bonchev–Trinajstić information content (AvgIpc) is 3.25. The number of carbonyl (C=O) groups is 1. The van der Waals surface area contributed by atoms with Crippen LogP contribution in [0.4, 0.5) is 5.82 Å². The minimum absolute atomic E-state index is 0.216. The van der Waals surface area contributed by atoms with E-state index in [0.29, 0.717) is 10.8 Å². The van der Waals surface area contributed by atoms with Gasteiger partial charge in [-0.05, 0) is 43.0 Å². The predicted octanol–water partition coefficient (Wildman–Crippen LogP) is 3.20. The Balaban J connectivity index is 1.82. The van der Waals surface area contributed by atoms with Crippen molar-refractivity contribution in [1.82, 2.24) is 4.98 Å². The highest BCUT2D eigenvalue weighted by molar-refractivity contribution is 6.32. The molecule has 2 heterocycles. The summed E-state index contributed by atoms with van der Waals surface area (Å²) < 4.78 is 5.25. The van der Waals surface area contributed by atoms with E-state index in [1.807, 2.05) is 11.0 Å². The number of nitrogens with zero attached hydrogens (tertiary/aromatic N) is 2. The highest BCUT2D eigenvalue weighted by Gasteiger charge is 2.37. The van der Waals surface area contributed by atoms with Gasteiger partial charge in [0, 0.05) is 17.8 Å². The molecule has 108 valence electrons. The fourth-order valence-corrected chi connectivity index (χ4v) is 3.12. The van der Waals surface area contributed by atoms with Crippen molar-refractivity contribution >= 4 is 34.2 Å². The van der Waals surface area contributed by atoms with Crippen LogP contribution in [0.15, 0.2) is 18.2 Å². The van der Waals surface area contributed by atoms with Gasteiger partial charge in [-0.1, -0.05) is 11.6 Å². The van der Waals surface area contributed by atoms with Gasteiger partial charge in [-0.25, -0.2) is 4.98 Å². The third-order valence-electron chi connectivity index (χ3n) is 4.20. The van der Waals surface area contributed by atoms with Crippen molar-refractivity contribution in [2.45, 2.75) is 19.3 Å². The van der Waals surface area contributed by atoms with Crippen LogP contribution in [0.1, 0.15) is 18.4 Å². The zero-order chi connectivity index (χ0) is 14.6. The Labute approximate surface area is 127 Å². The predicted molar refractivity (Wildman–Crippen MR) is 82.1 cm³/mol. The smallest absolute Gasteiger partial charge is 0.231 e. The molecule has 1 aromatic heterocycles. The van der Waals surface area contributed by atoms with Crippen LogP contribution in [0, 0.1) is 5.92 Å². The van der Waals surface area contributed by atoms with Crippen LogP contribution < -0.4 is 9.64 Å². The molecule has 0 bridgehead atoms. The molecule has 1 aromatic carbocycles. The van der Waals surface area contributed by atoms with Gasteiger partial charge in [0.1, 0.15) is 11.6 Å². The second-order valence-corrected chi connectivity index (χ2v) is 6.07. The summed E-state index contributed by atoms with van der Waals surface area (Å²) in [6, 6.07) is 5.79. The number of fused-ring (bicyclic) bond motifs is 2. The first-order valence-corrected chi connectivity index (χ1v) is 7.53. The molecule has 5 heteroatoms. The van der Waals surface area contributed by atoms with Crippen LogP contribution in [-0.2, 0) is 11.2 Å². The second-order valence-electron chi connectivity index (χ2n) is 5.66. The standard InChI is InChI=1S/C16H15ClN2O2/c1-21-14-7-11-6-10-4-5-19(16(20)9-2-3-9)15(10)18-13(11)8-12(14)17/h6-9H,2-5H2,1H3. The summed E-state index contributed by atoms with van der Waals surface area (Å²) in [5.74, 6) is 1.89. The van der Waals surface area contributed by atoms with E-state index in [-0.39, 0.29) is 11.8 Å². The Morgan fingerprint density at radius 3 is 2.90 bits per heavy atom. The number of amides is 1. The number of hydrogen-bond donors (Lipinski definition) is 0. The molecule has 1 fully saturated rings. The quantitative estimate of drug-likeness (QED) is 0.855. The van der Waals surface area contributed by atoms with Gasteiger partial charge < -0.3 is 4.74 Å². The molecular formula is C16H15ClN2O2. The second kappa shape index (κ2) is 4.60. The fourth-order valence-electron chi connectivity index (χ4n) is 2.89. The summed E-state index contributed by atoms with van der Waals surface area (Å²) in [4.78, 5) is 18.8. The van der Waals surface area contributed by atoms with Gasteiger partial charge in [-0.3, -0.25) is 9.69 Å². The maximum Gasteiger partial charge on any atom is 0.231 e. The van der Waals surface area contributed by atoms with Gasteiger partial charge in [-0.15, -0.1) is 0 Å². The van der Waals surface area contributed by atoms with E-state index in [2.05, 4.69) is 11.1 Å². The van der Waals surface area contributed by atoms with Crippen LogP contribution in [-0.4, -0.2) is 24.5 Å². The lowest BCUT2D eigenvalue weighted by atomic mass is 10.1. The van der Waals surface area contributed by atoms with E-state index in [0.717, 1.165) is 48.1 Å². The number of carbonyl (C=O) groups excluding carboxylic acids is 1. The SMILES string of the molecule is COc1cc2cc3c(nc2cc1Cl)N(C(=O)C1CC1)CC3. The number of aromatic nitrogens is 1. The summed E-state index contributed by atoms with van der Waals surface area (Å²) in [5, 5.41) is 1.53. The van der Waals surface area contributed by atoms with Gasteiger partial charge >= 0.3 is 0 Å². The maximum atomic E-state index is 12.3. The van der Waals surface area contributed by atoms with E-state index in [9.17, 15) is 4.79 Å². The summed E-state index contributed by atoms with van der Waals surface area (Å²) in [6.07, 6.45) is 2.89. The number of pyridine rings is 1. The number of ether oxygens (including phenoxy) is 1. The Kier molecular flexibility index (Phi) is 2.82. The van der Waals surface area contributed by atoms with Crippen molar-refractivity contribution in [1.29, 1.82) is 0 Å². The van der Waals surface area contributed by atoms with Gasteiger partial charge in [0.2, 0.25) is 5.91 Å². The van der Waals surface area contributed by atoms with E-state index >= 15 is 0 Å². The largest absolute Gasteiger partial charge is 0.495 e. The lowest BCUT2D eigenvalue weighted by molar-refractivity contribution is -0.119. The molecule has 2 aliphatic rings. The summed E-state index contributed by atoms with van der Waals surface area (Å²) >= 11 is 6.17. The molecule has 1 saturated carbocycles. The molecule has 0 saturated heterocycles. The first kappa shape index (κ1) is 12.9. The molecule has 0 atom stereocenters. The Morgan fingerprint density at radius 2 is 2.19 bits per heavy atom. The van der Waals surface area contributed by atoms with Gasteiger partial charge in [0.05, 0.1) is 17.6 Å². The monoisotopic (exact) mass is 302 g/mol. The normalized spacial score (nSPS) is 17.1. The molecule has 4 nitrogen and oxygen atoms in total. The van der Waals surface area contributed by atoms with Crippen molar-refractivity contribution in [3.8, 4) is 5.75 Å². The molecule has 21 heavy (non-hydrogen) atoms. The summed E-state index contributed by atoms with van der Waals surface area (Å²) in [6.45, 7) is 0.735. The fraction of sp³-hybridized carbons (Fsp3) is 0.375. The van der Waals surface area contributed by atoms with Crippen LogP contribution in [0.3, 0.4) is 0 Å². The van der Waals surface area contributed by atoms with Gasteiger partial charge in [0.25, 0.3) is 0 Å². The first-order chi connectivity index (χ1) is 10.2. The van der Waals surface area contributed by atoms with E-state index in [1.54, 1.807) is 13.2 Å². The molecule has 0 radical (unpaired) electrons. The molecular weight excluding hydrogens is 288 g/mol. The van der Waals surface area contributed by atoms with Crippen molar-refractivity contribution in [2.24, 2.45) is 5.92 Å². The highest BCUT2D eigenvalue weighted by Crippen LogP contribution is 2.38. The van der Waals surface area contributed by atoms with Crippen molar-refractivity contribution in [2.75, 3.05) is 18.6 Å². The minimum atomic E-state index is 0.216. The molecule has 1 amide bonds. The number of hydrogen-bond acceptors (Lipinski definition) is 3. The maximum absolute atomic E-state index is 12.3. The van der Waals surface area contributed by atoms with Crippen LogP contribution in [0.25, 0.3) is 10.9 Å². The van der Waals surface area contributed by atoms with Crippen LogP contribution >= 0.6 is 11.6 Å². The summed E-state index contributed by atoms with van der Waals surface area (Å²) in [5.41, 5.74) is 1.93. The molecule has 0 N–H and O–H groups in total. The zero-order valence-electron chi connectivity index (χ0n) is 11.7. The van der Waals surface area contributed by atoms with Gasteiger partial charge in [-0.2, -0.15) is 0 Å². The van der Waals surface area contributed by atoms with Crippen molar-refractivity contribution in [3.05, 3.63) is 28.8 Å². The third-order valence-corrected chi connectivity index (χ3v) is 4.49. The Hall–Kier alpha value is -1.81. The number of rotatable bonds is 2. The van der Waals surface area contributed by atoms with E-state index < -0.39 is 0 Å². The molecule has 0 spiro atoms. The van der Waals surface area contributed by atoms with Crippen molar-refractivity contribution in [3.63, 3.8) is 0 Å². The Morgan fingerprint density at radius 1 is 1.38 bits per heavy atom. The summed E-state index contributed by atoms with van der Waals surface area (Å²) in [7, 11) is 1.60. The number of methoxy groups -OCH3 is 1. The highest BCUT2D eigenvalue weighted by atomic mass is 35.5. The third kappa shape index (κ3) is 2.05. The number of halogens is 1. The van der Waals surface area contributed by atoms with E-state index in [4.69, 9.17) is 16.3 Å². The minimum Gasteiger partial charge on any atom is -0.495 e. The Bertz CT molecular complexity index is 756. The lowest BCUT2D eigenvalue weighted by Gasteiger charge is -2.16. The lowest BCUT2D eigenvalue weighted by Crippen LogP contribution is -2.30. The topological polar surface area (TPSA) is 42.4 Å². The molecule has 4 rings (SSSR count). The molecule has 1 aliphatic heterocycles. The first-order valence-electron chi connectivity index (χ1n) is 7.16. The van der Waals surface area contributed by atoms with Crippen LogP contribution in [0.5, 0.6) is 5.75 Å². The number of benzene rings is 1. The van der Waals surface area contributed by atoms with Crippen LogP contribution in [0.2, 0.25) is 5.02 Å². The molecule has 2 aromatic rings. The van der Waals surface area contributed by atoms with E-state index in [1.165, 1.54) is 0 Å². The average molecular weight is 303 g/mol.